The van der Waals surface area contributed by atoms with Gasteiger partial charge >= 0.3 is 5.97 Å². The molecule has 0 saturated heterocycles. The number of esters is 1. The number of hydrogen-bond acceptors (Lipinski definition) is 4. The van der Waals surface area contributed by atoms with Gasteiger partial charge < -0.3 is 14.0 Å². The van der Waals surface area contributed by atoms with Crippen LogP contribution in [0.5, 0.6) is 5.75 Å². The van der Waals surface area contributed by atoms with Gasteiger partial charge in [0.25, 0.3) is 0 Å². The van der Waals surface area contributed by atoms with Crippen LogP contribution in [0.15, 0.2) is 23.1 Å². The van der Waals surface area contributed by atoms with E-state index in [9.17, 15) is 14.0 Å². The van der Waals surface area contributed by atoms with E-state index in [-0.39, 0.29) is 23.3 Å². The van der Waals surface area contributed by atoms with Gasteiger partial charge in [0.15, 0.2) is 11.6 Å². The summed E-state index contributed by atoms with van der Waals surface area (Å²) in [7, 11) is 2.93. The van der Waals surface area contributed by atoms with Gasteiger partial charge in [0.05, 0.1) is 24.6 Å². The largest absolute Gasteiger partial charge is 0.494 e. The summed E-state index contributed by atoms with van der Waals surface area (Å²) < 4.78 is 24.9. The quantitative estimate of drug-likeness (QED) is 0.805. The molecular formula is C14H14FNO4. The second-order valence-corrected chi connectivity index (χ2v) is 4.21. The maximum Gasteiger partial charge on any atom is 0.343 e. The number of carbonyl (C=O) groups is 1. The fraction of sp³-hybridized carbons (Fsp3) is 0.286. The minimum Gasteiger partial charge on any atom is -0.494 e. The zero-order valence-electron chi connectivity index (χ0n) is 11.4. The van der Waals surface area contributed by atoms with Crippen LogP contribution in [0, 0.1) is 5.82 Å². The first-order valence-corrected chi connectivity index (χ1v) is 6.03. The molecule has 0 amide bonds. The Morgan fingerprint density at radius 2 is 2.10 bits per heavy atom. The van der Waals surface area contributed by atoms with Crippen molar-refractivity contribution < 1.29 is 18.7 Å². The number of ether oxygens (including phenoxy) is 2. The van der Waals surface area contributed by atoms with E-state index in [2.05, 4.69) is 0 Å². The van der Waals surface area contributed by atoms with E-state index in [0.717, 1.165) is 0 Å². The average Bonchev–Trinajstić information content (AvgIpc) is 2.42. The van der Waals surface area contributed by atoms with E-state index in [4.69, 9.17) is 9.47 Å². The second kappa shape index (κ2) is 5.32. The van der Waals surface area contributed by atoms with Crippen molar-refractivity contribution in [3.63, 3.8) is 0 Å². The number of aromatic nitrogens is 1. The highest BCUT2D eigenvalue weighted by atomic mass is 19.1. The molecule has 0 N–H and O–H groups in total. The molecule has 0 fully saturated rings. The Morgan fingerprint density at radius 3 is 2.70 bits per heavy atom. The molecule has 0 saturated carbocycles. The average molecular weight is 279 g/mol. The van der Waals surface area contributed by atoms with Crippen LogP contribution in [-0.2, 0) is 11.8 Å². The van der Waals surface area contributed by atoms with Crippen molar-refractivity contribution in [1.82, 2.24) is 4.57 Å². The van der Waals surface area contributed by atoms with Gasteiger partial charge in [0, 0.05) is 19.3 Å². The van der Waals surface area contributed by atoms with E-state index in [1.165, 1.54) is 30.0 Å². The molecule has 6 heteroatoms. The van der Waals surface area contributed by atoms with Crippen LogP contribution in [-0.4, -0.2) is 24.3 Å². The first-order valence-electron chi connectivity index (χ1n) is 6.03. The predicted molar refractivity (Wildman–Crippen MR) is 71.7 cm³/mol. The van der Waals surface area contributed by atoms with E-state index in [0.29, 0.717) is 5.52 Å². The third-order valence-corrected chi connectivity index (χ3v) is 2.96. The maximum atomic E-state index is 13.7. The van der Waals surface area contributed by atoms with Crippen LogP contribution in [0.3, 0.4) is 0 Å². The van der Waals surface area contributed by atoms with Crippen LogP contribution in [0.2, 0.25) is 0 Å². The zero-order chi connectivity index (χ0) is 14.9. The molecule has 0 atom stereocenters. The minimum atomic E-state index is -0.696. The van der Waals surface area contributed by atoms with Gasteiger partial charge in [0.1, 0.15) is 5.56 Å². The fourth-order valence-corrected chi connectivity index (χ4v) is 1.99. The molecular weight excluding hydrogens is 265 g/mol. The van der Waals surface area contributed by atoms with E-state index in [1.807, 2.05) is 0 Å². The highest BCUT2D eigenvalue weighted by Gasteiger charge is 2.17. The Hall–Kier alpha value is -2.37. The topological polar surface area (TPSA) is 57.5 Å². The van der Waals surface area contributed by atoms with Crippen molar-refractivity contribution in [2.24, 2.45) is 7.05 Å². The van der Waals surface area contributed by atoms with Crippen molar-refractivity contribution in [1.29, 1.82) is 0 Å². The van der Waals surface area contributed by atoms with E-state index in [1.54, 1.807) is 14.0 Å². The third-order valence-electron chi connectivity index (χ3n) is 2.96. The minimum absolute atomic E-state index is 0.0457. The molecule has 5 nitrogen and oxygen atoms in total. The molecule has 0 radical (unpaired) electrons. The Morgan fingerprint density at radius 1 is 1.40 bits per heavy atom. The summed E-state index contributed by atoms with van der Waals surface area (Å²) in [6.45, 7) is 1.83. The summed E-state index contributed by atoms with van der Waals surface area (Å²) in [5.74, 6) is -1.31. The lowest BCUT2D eigenvalue weighted by Gasteiger charge is -2.10. The molecule has 106 valence electrons. The number of nitrogens with zero attached hydrogens (tertiary/aromatic N) is 1. The molecule has 0 aliphatic rings. The summed E-state index contributed by atoms with van der Waals surface area (Å²) in [6, 6.07) is 2.49. The number of pyridine rings is 1. The van der Waals surface area contributed by atoms with Crippen molar-refractivity contribution in [2.45, 2.75) is 6.92 Å². The Balaban J connectivity index is 2.77. The SMILES string of the molecule is CCOC(=O)c1cn(C)c2cc(F)c(OC)cc2c1=O. The van der Waals surface area contributed by atoms with Crippen molar-refractivity contribution in [3.05, 3.63) is 39.9 Å². The number of carbonyl (C=O) groups excluding carboxylic acids is 1. The van der Waals surface area contributed by atoms with Gasteiger partial charge in [-0.1, -0.05) is 0 Å². The van der Waals surface area contributed by atoms with Crippen molar-refractivity contribution in [3.8, 4) is 5.75 Å². The second-order valence-electron chi connectivity index (χ2n) is 4.21. The molecule has 0 unspecified atom stereocenters. The molecule has 0 bridgehead atoms. The zero-order valence-corrected chi connectivity index (χ0v) is 11.4. The summed E-state index contributed by atoms with van der Waals surface area (Å²) in [5.41, 5.74) is -0.216. The van der Waals surface area contributed by atoms with Gasteiger partial charge in [-0.15, -0.1) is 0 Å². The summed E-state index contributed by atoms with van der Waals surface area (Å²) in [6.07, 6.45) is 1.34. The number of hydrogen-bond donors (Lipinski definition) is 0. The highest BCUT2D eigenvalue weighted by molar-refractivity contribution is 5.94. The first-order chi connectivity index (χ1) is 9.49. The summed E-state index contributed by atoms with van der Waals surface area (Å²) >= 11 is 0. The highest BCUT2D eigenvalue weighted by Crippen LogP contribution is 2.22. The molecule has 2 aromatic rings. The van der Waals surface area contributed by atoms with Crippen LogP contribution in [0.1, 0.15) is 17.3 Å². The van der Waals surface area contributed by atoms with Crippen molar-refractivity contribution >= 4 is 16.9 Å². The number of halogens is 1. The molecule has 0 spiro atoms. The molecule has 20 heavy (non-hydrogen) atoms. The van der Waals surface area contributed by atoms with Gasteiger partial charge in [-0.2, -0.15) is 0 Å². The molecule has 0 aliphatic heterocycles. The van der Waals surface area contributed by atoms with Crippen molar-refractivity contribution in [2.75, 3.05) is 13.7 Å². The van der Waals surface area contributed by atoms with E-state index >= 15 is 0 Å². The van der Waals surface area contributed by atoms with Crippen LogP contribution >= 0.6 is 0 Å². The van der Waals surface area contributed by atoms with Gasteiger partial charge in [-0.3, -0.25) is 4.79 Å². The molecule has 0 aliphatic carbocycles. The smallest absolute Gasteiger partial charge is 0.343 e. The summed E-state index contributed by atoms with van der Waals surface area (Å²) in [4.78, 5) is 24.0. The first kappa shape index (κ1) is 14.0. The Labute approximate surface area is 114 Å². The number of aryl methyl sites for hydroxylation is 1. The third kappa shape index (κ3) is 2.24. The molecule has 1 heterocycles. The lowest BCUT2D eigenvalue weighted by molar-refractivity contribution is 0.0524. The fourth-order valence-electron chi connectivity index (χ4n) is 1.99. The molecule has 2 rings (SSSR count). The standard InChI is InChI=1S/C14H14FNO4/c1-4-20-14(18)9-7-16(2)11-6-10(15)12(19-3)5-8(11)13(9)17/h5-7H,4H2,1-3H3. The molecule has 1 aromatic carbocycles. The Bertz CT molecular complexity index is 736. The van der Waals surface area contributed by atoms with Crippen LogP contribution in [0.25, 0.3) is 10.9 Å². The lowest BCUT2D eigenvalue weighted by atomic mass is 10.1. The monoisotopic (exact) mass is 279 g/mol. The predicted octanol–water partition coefficient (Wildman–Crippen LogP) is 1.86. The van der Waals surface area contributed by atoms with Gasteiger partial charge in [-0.25, -0.2) is 9.18 Å². The Kier molecular flexibility index (Phi) is 3.74. The number of rotatable bonds is 3. The normalized spacial score (nSPS) is 10.6. The van der Waals surface area contributed by atoms with Gasteiger partial charge in [-0.05, 0) is 13.0 Å². The van der Waals surface area contributed by atoms with E-state index < -0.39 is 17.2 Å². The number of fused-ring (bicyclic) bond motifs is 1. The summed E-state index contributed by atoms with van der Waals surface area (Å²) in [5, 5.41) is 0.205. The van der Waals surface area contributed by atoms with Gasteiger partial charge in [0.2, 0.25) is 5.43 Å². The van der Waals surface area contributed by atoms with Crippen LogP contribution in [0.4, 0.5) is 4.39 Å². The number of methoxy groups -OCH3 is 1. The maximum absolute atomic E-state index is 13.7. The van der Waals surface area contributed by atoms with Crippen LogP contribution < -0.4 is 10.2 Å². The number of benzene rings is 1. The molecule has 1 aromatic heterocycles. The lowest BCUT2D eigenvalue weighted by Crippen LogP contribution is -2.20.